The van der Waals surface area contributed by atoms with E-state index in [0.717, 1.165) is 0 Å². The molecule has 64 valence electrons. The number of aliphatic carboxylic acids is 1. The van der Waals surface area contributed by atoms with Crippen LogP contribution in [-0.4, -0.2) is 30.3 Å². The zero-order valence-electron chi connectivity index (χ0n) is 6.49. The van der Waals surface area contributed by atoms with Crippen molar-refractivity contribution in [3.63, 3.8) is 0 Å². The van der Waals surface area contributed by atoms with Crippen LogP contribution in [0.25, 0.3) is 0 Å². The van der Waals surface area contributed by atoms with Crippen LogP contribution in [0.2, 0.25) is 0 Å². The summed E-state index contributed by atoms with van der Waals surface area (Å²) in [6.45, 7) is 0. The lowest BCUT2D eigenvalue weighted by molar-refractivity contribution is -0.141. The zero-order chi connectivity index (χ0) is 8.43. The molecule has 0 aromatic carbocycles. The summed E-state index contributed by atoms with van der Waals surface area (Å²) >= 11 is 0. The Labute approximate surface area is 65.3 Å². The summed E-state index contributed by atoms with van der Waals surface area (Å²) in [4.78, 5) is 10.5. The van der Waals surface area contributed by atoms with Crippen LogP contribution in [0.3, 0.4) is 0 Å². The molecule has 1 fully saturated rings. The van der Waals surface area contributed by atoms with Crippen LogP contribution >= 0.6 is 0 Å². The van der Waals surface area contributed by atoms with Crippen molar-refractivity contribution in [3.05, 3.63) is 0 Å². The number of hydrogen-bond donors (Lipinski definition) is 2. The third-order valence-corrected chi connectivity index (χ3v) is 2.20. The lowest BCUT2D eigenvalue weighted by Crippen LogP contribution is -2.30. The molecule has 1 rings (SSSR count). The Hall–Kier alpha value is -0.610. The fourth-order valence-electron chi connectivity index (χ4n) is 1.50. The molecule has 0 bridgehead atoms. The highest BCUT2D eigenvalue weighted by atomic mass is 16.5. The first-order chi connectivity index (χ1) is 5.15. The summed E-state index contributed by atoms with van der Waals surface area (Å²) < 4.78 is 5.02. The number of hydrogen-bond acceptors (Lipinski definition) is 3. The lowest BCUT2D eigenvalue weighted by atomic mass is 10.1. The van der Waals surface area contributed by atoms with Crippen LogP contribution in [0.1, 0.15) is 12.8 Å². The van der Waals surface area contributed by atoms with Crippen molar-refractivity contribution in [3.8, 4) is 0 Å². The average Bonchev–Trinajstić information content (AvgIpc) is 2.31. The van der Waals surface area contributed by atoms with Crippen molar-refractivity contribution in [1.29, 1.82) is 0 Å². The van der Waals surface area contributed by atoms with E-state index in [1.165, 1.54) is 0 Å². The Morgan fingerprint density at radius 1 is 1.64 bits per heavy atom. The fourth-order valence-corrected chi connectivity index (χ4v) is 1.50. The molecule has 0 saturated heterocycles. The minimum Gasteiger partial charge on any atom is -0.481 e. The van der Waals surface area contributed by atoms with Crippen molar-refractivity contribution in [2.75, 3.05) is 7.11 Å². The molecule has 0 aromatic rings. The van der Waals surface area contributed by atoms with Gasteiger partial charge in [0.25, 0.3) is 0 Å². The smallest absolute Gasteiger partial charge is 0.306 e. The van der Waals surface area contributed by atoms with Crippen molar-refractivity contribution in [1.82, 2.24) is 0 Å². The van der Waals surface area contributed by atoms with Crippen molar-refractivity contribution in [2.24, 2.45) is 11.7 Å². The lowest BCUT2D eigenvalue weighted by Gasteiger charge is -2.11. The van der Waals surface area contributed by atoms with Crippen LogP contribution in [-0.2, 0) is 9.53 Å². The zero-order valence-corrected chi connectivity index (χ0v) is 6.49. The van der Waals surface area contributed by atoms with E-state index < -0.39 is 5.97 Å². The van der Waals surface area contributed by atoms with Gasteiger partial charge in [-0.2, -0.15) is 0 Å². The highest BCUT2D eigenvalue weighted by Gasteiger charge is 2.35. The van der Waals surface area contributed by atoms with Gasteiger partial charge in [-0.1, -0.05) is 0 Å². The molecule has 1 unspecified atom stereocenters. The molecule has 0 aromatic heterocycles. The molecule has 4 heteroatoms. The first-order valence-corrected chi connectivity index (χ1v) is 3.66. The summed E-state index contributed by atoms with van der Waals surface area (Å²) in [7, 11) is 1.56. The van der Waals surface area contributed by atoms with Gasteiger partial charge in [-0.05, 0) is 12.8 Å². The molecule has 0 aliphatic heterocycles. The monoisotopic (exact) mass is 159 g/mol. The third-order valence-electron chi connectivity index (χ3n) is 2.20. The molecule has 11 heavy (non-hydrogen) atoms. The molecular formula is C7H13NO3. The van der Waals surface area contributed by atoms with Gasteiger partial charge in [0, 0.05) is 13.2 Å². The maximum atomic E-state index is 10.5. The van der Waals surface area contributed by atoms with Crippen LogP contribution in [0, 0.1) is 5.92 Å². The summed E-state index contributed by atoms with van der Waals surface area (Å²) in [6.07, 6.45) is 1.01. The van der Waals surface area contributed by atoms with E-state index in [1.54, 1.807) is 7.11 Å². The Kier molecular flexibility index (Phi) is 2.46. The number of carbonyl (C=O) groups is 1. The molecule has 0 spiro atoms. The topological polar surface area (TPSA) is 72.5 Å². The minimum atomic E-state index is -0.764. The molecule has 0 radical (unpaired) electrons. The van der Waals surface area contributed by atoms with Gasteiger partial charge < -0.3 is 15.6 Å². The van der Waals surface area contributed by atoms with Crippen molar-refractivity contribution >= 4 is 5.97 Å². The molecule has 3 N–H and O–H groups in total. The maximum absolute atomic E-state index is 10.5. The molecule has 1 aliphatic rings. The van der Waals surface area contributed by atoms with Gasteiger partial charge in [0.05, 0.1) is 12.0 Å². The fraction of sp³-hybridized carbons (Fsp3) is 0.857. The SMILES string of the molecule is CO[C@H]1CC(C(=O)O)C[C@@H]1N. The van der Waals surface area contributed by atoms with Crippen LogP contribution in [0.15, 0.2) is 0 Å². The average molecular weight is 159 g/mol. The number of rotatable bonds is 2. The Bertz CT molecular complexity index is 160. The quantitative estimate of drug-likeness (QED) is 0.586. The number of carboxylic acids is 1. The second-order valence-corrected chi connectivity index (χ2v) is 2.94. The van der Waals surface area contributed by atoms with Crippen LogP contribution in [0.5, 0.6) is 0 Å². The predicted octanol–water partition coefficient (Wildman–Crippen LogP) is -0.177. The van der Waals surface area contributed by atoms with E-state index >= 15 is 0 Å². The van der Waals surface area contributed by atoms with Crippen molar-refractivity contribution < 1.29 is 14.6 Å². The normalized spacial score (nSPS) is 37.5. The predicted molar refractivity (Wildman–Crippen MR) is 39.1 cm³/mol. The maximum Gasteiger partial charge on any atom is 0.306 e. The van der Waals surface area contributed by atoms with E-state index in [9.17, 15) is 4.79 Å². The largest absolute Gasteiger partial charge is 0.481 e. The van der Waals surface area contributed by atoms with Crippen LogP contribution < -0.4 is 5.73 Å². The molecule has 1 aliphatic carbocycles. The number of ether oxygens (including phenoxy) is 1. The van der Waals surface area contributed by atoms with Gasteiger partial charge in [-0.15, -0.1) is 0 Å². The molecule has 4 nitrogen and oxygen atoms in total. The standard InChI is InChI=1S/C7H13NO3/c1-11-6-3-4(7(9)10)2-5(6)8/h4-6H,2-3,8H2,1H3,(H,9,10)/t4?,5-,6-/m0/s1. The summed E-state index contributed by atoms with van der Waals surface area (Å²) in [5.41, 5.74) is 5.63. The Balaban J connectivity index is 2.49. The first-order valence-electron chi connectivity index (χ1n) is 3.66. The van der Waals surface area contributed by atoms with Crippen LogP contribution in [0.4, 0.5) is 0 Å². The third kappa shape index (κ3) is 1.70. The van der Waals surface area contributed by atoms with Gasteiger partial charge in [0.1, 0.15) is 0 Å². The van der Waals surface area contributed by atoms with E-state index in [4.69, 9.17) is 15.6 Å². The van der Waals surface area contributed by atoms with Gasteiger partial charge in [-0.25, -0.2) is 0 Å². The Morgan fingerprint density at radius 2 is 2.27 bits per heavy atom. The van der Waals surface area contributed by atoms with Gasteiger partial charge in [-0.3, -0.25) is 4.79 Å². The molecule has 1 saturated carbocycles. The highest BCUT2D eigenvalue weighted by Crippen LogP contribution is 2.26. The Morgan fingerprint density at radius 3 is 2.55 bits per heavy atom. The van der Waals surface area contributed by atoms with E-state index in [2.05, 4.69) is 0 Å². The van der Waals surface area contributed by atoms with Gasteiger partial charge in [0.15, 0.2) is 0 Å². The van der Waals surface area contributed by atoms with Gasteiger partial charge >= 0.3 is 5.97 Å². The first kappa shape index (κ1) is 8.49. The van der Waals surface area contributed by atoms with Gasteiger partial charge in [0.2, 0.25) is 0 Å². The number of methoxy groups -OCH3 is 1. The highest BCUT2D eigenvalue weighted by molar-refractivity contribution is 5.70. The summed E-state index contributed by atoms with van der Waals surface area (Å²) in [5.74, 6) is -1.07. The second kappa shape index (κ2) is 3.19. The number of carboxylic acid groups (broad SMARTS) is 1. The molecule has 0 heterocycles. The molecular weight excluding hydrogens is 146 g/mol. The molecule has 3 atom stereocenters. The van der Waals surface area contributed by atoms with E-state index in [1.807, 2.05) is 0 Å². The van der Waals surface area contributed by atoms with E-state index in [-0.39, 0.29) is 18.1 Å². The van der Waals surface area contributed by atoms with E-state index in [0.29, 0.717) is 12.8 Å². The minimum absolute atomic E-state index is 0.0731. The summed E-state index contributed by atoms with van der Waals surface area (Å²) in [5, 5.41) is 8.63. The van der Waals surface area contributed by atoms with Crippen molar-refractivity contribution in [2.45, 2.75) is 25.0 Å². The number of nitrogens with two attached hydrogens (primary N) is 1. The molecule has 0 amide bonds. The summed E-state index contributed by atoms with van der Waals surface area (Å²) in [6, 6.07) is -0.110. The second-order valence-electron chi connectivity index (χ2n) is 2.94.